The smallest absolute Gasteiger partial charge is 0.0972 e. The van der Waals surface area contributed by atoms with Crippen LogP contribution in [-0.2, 0) is 0 Å². The zero-order chi connectivity index (χ0) is 6.69. The maximum Gasteiger partial charge on any atom is 0.0972 e. The topological polar surface area (TPSA) is 0 Å². The molecule has 0 fully saturated rings. The van der Waals surface area contributed by atoms with Crippen molar-refractivity contribution in [1.29, 1.82) is 0 Å². The third-order valence-electron chi connectivity index (χ3n) is 1.35. The molecule has 0 radical (unpaired) electrons. The molecule has 0 saturated heterocycles. The van der Waals surface area contributed by atoms with Gasteiger partial charge in [0.05, 0.1) is 29.7 Å². The third-order valence-corrected chi connectivity index (χ3v) is 1.35. The molecule has 0 nitrogen and oxygen atoms in total. The largest absolute Gasteiger partial charge is 1.00 e. The Balaban J connectivity index is 0.000000810. The van der Waals surface area contributed by atoms with E-state index in [4.69, 9.17) is 0 Å². The predicted molar refractivity (Wildman–Crippen MR) is 41.0 cm³/mol. The van der Waals surface area contributed by atoms with Gasteiger partial charge in [0.2, 0.25) is 0 Å². The average molecular weight is 199 g/mol. The summed E-state index contributed by atoms with van der Waals surface area (Å²) in [4.78, 5) is 0. The van der Waals surface area contributed by atoms with Crippen molar-refractivity contribution in [3.05, 3.63) is 42.4 Å². The Bertz CT molecular complexity index is 166. The van der Waals surface area contributed by atoms with Crippen LogP contribution in [0.1, 0.15) is 13.3 Å². The summed E-state index contributed by atoms with van der Waals surface area (Å²) in [7, 11) is 0. The molecule has 0 aromatic rings. The van der Waals surface area contributed by atoms with Crippen molar-refractivity contribution in [3.63, 3.8) is 0 Å². The summed E-state index contributed by atoms with van der Waals surface area (Å²) in [5, 5.41) is 0. The lowest BCUT2D eigenvalue weighted by Gasteiger charge is -1.80. The Morgan fingerprint density at radius 1 is 1.70 bits per heavy atom. The Morgan fingerprint density at radius 3 is 2.80 bits per heavy atom. The van der Waals surface area contributed by atoms with Crippen LogP contribution in [0.4, 0.5) is 0 Å². The van der Waals surface area contributed by atoms with Crippen molar-refractivity contribution in [2.24, 2.45) is 0 Å². The van der Waals surface area contributed by atoms with Crippen LogP contribution in [0, 0.1) is 5.92 Å². The molecule has 0 atom stereocenters. The summed E-state index contributed by atoms with van der Waals surface area (Å²) >= 11 is 0. The summed E-state index contributed by atoms with van der Waals surface area (Å²) < 4.78 is 0. The Labute approximate surface area is 73.1 Å². The van der Waals surface area contributed by atoms with Crippen LogP contribution in [0.15, 0.2) is 36.5 Å². The van der Waals surface area contributed by atoms with Crippen molar-refractivity contribution >= 4 is 0 Å². The Kier molecular flexibility index (Phi) is 4.21. The highest BCUT2D eigenvalue weighted by atomic mass is 79.9. The monoisotopic (exact) mass is 198 g/mol. The molecule has 1 aliphatic carbocycles. The van der Waals surface area contributed by atoms with Crippen molar-refractivity contribution in [2.45, 2.75) is 13.3 Å². The molecule has 10 heavy (non-hydrogen) atoms. The Morgan fingerprint density at radius 2 is 2.40 bits per heavy atom. The Hall–Kier alpha value is -0.430. The van der Waals surface area contributed by atoms with Crippen LogP contribution < -0.4 is 17.0 Å². The molecule has 0 bridgehead atoms. The van der Waals surface area contributed by atoms with Crippen LogP contribution in [0.25, 0.3) is 0 Å². The highest BCUT2D eigenvalue weighted by Crippen LogP contribution is 2.19. The second-order valence-electron chi connectivity index (χ2n) is 2.29. The van der Waals surface area contributed by atoms with Crippen molar-refractivity contribution < 1.29 is 17.0 Å². The number of halogens is 1. The standard InChI is InChI=1S/C9H11.BrH/c1-3-4-9-6-5-8(2)7-9;/h3,5-7H,1,4H2,2H3;1H/q+1;/p-1. The molecule has 0 N–H and O–H groups in total. The SMILES string of the molecule is C=CCC1=C[C+](C)C=C1.[Br-]. The molecular weight excluding hydrogens is 188 g/mol. The van der Waals surface area contributed by atoms with Gasteiger partial charge in [0.15, 0.2) is 0 Å². The molecule has 0 aromatic carbocycles. The number of hydrogen-bond acceptors (Lipinski definition) is 0. The minimum Gasteiger partial charge on any atom is -1.00 e. The van der Waals surface area contributed by atoms with E-state index in [1.807, 2.05) is 6.08 Å². The van der Waals surface area contributed by atoms with Gasteiger partial charge in [0.1, 0.15) is 0 Å². The van der Waals surface area contributed by atoms with Gasteiger partial charge in [0.25, 0.3) is 0 Å². The van der Waals surface area contributed by atoms with E-state index in [-0.39, 0.29) is 17.0 Å². The van der Waals surface area contributed by atoms with Crippen molar-refractivity contribution in [2.75, 3.05) is 0 Å². The lowest BCUT2D eigenvalue weighted by Crippen LogP contribution is -3.00. The van der Waals surface area contributed by atoms with Gasteiger partial charge in [0, 0.05) is 13.3 Å². The molecule has 0 spiro atoms. The fourth-order valence-corrected chi connectivity index (χ4v) is 0.921. The molecule has 54 valence electrons. The minimum absolute atomic E-state index is 0. The number of allylic oxidation sites excluding steroid dienone is 5. The van der Waals surface area contributed by atoms with Gasteiger partial charge in [-0.1, -0.05) is 6.08 Å². The van der Waals surface area contributed by atoms with Gasteiger partial charge >= 0.3 is 0 Å². The first kappa shape index (κ1) is 9.57. The molecule has 0 aromatic heterocycles. The molecule has 0 unspecified atom stereocenters. The summed E-state index contributed by atoms with van der Waals surface area (Å²) in [6.45, 7) is 5.77. The molecule has 1 heteroatoms. The van der Waals surface area contributed by atoms with E-state index in [0.29, 0.717) is 0 Å². The van der Waals surface area contributed by atoms with E-state index in [2.05, 4.69) is 31.7 Å². The molecule has 0 aliphatic heterocycles. The van der Waals surface area contributed by atoms with Gasteiger partial charge in [-0.2, -0.15) is 0 Å². The average Bonchev–Trinajstić information content (AvgIpc) is 2.17. The van der Waals surface area contributed by atoms with Gasteiger partial charge in [-0.25, -0.2) is 0 Å². The lowest BCUT2D eigenvalue weighted by molar-refractivity contribution is -0.00000191. The first-order valence-electron chi connectivity index (χ1n) is 3.16. The van der Waals surface area contributed by atoms with E-state index in [9.17, 15) is 0 Å². The summed E-state index contributed by atoms with van der Waals surface area (Å²) in [6.07, 6.45) is 9.36. The fraction of sp³-hybridized carbons (Fsp3) is 0.222. The summed E-state index contributed by atoms with van der Waals surface area (Å²) in [6, 6.07) is 0. The maximum atomic E-state index is 3.67. The maximum absolute atomic E-state index is 3.67. The van der Waals surface area contributed by atoms with Crippen LogP contribution in [0.2, 0.25) is 0 Å². The first-order valence-corrected chi connectivity index (χ1v) is 3.16. The van der Waals surface area contributed by atoms with Crippen molar-refractivity contribution in [1.82, 2.24) is 0 Å². The fourth-order valence-electron chi connectivity index (χ4n) is 0.921. The quantitative estimate of drug-likeness (QED) is 0.421. The van der Waals surface area contributed by atoms with E-state index in [0.717, 1.165) is 6.42 Å². The molecular formula is C9H11Br. The normalized spacial score (nSPS) is 14.5. The van der Waals surface area contributed by atoms with Crippen LogP contribution in [-0.4, -0.2) is 0 Å². The van der Waals surface area contributed by atoms with Gasteiger partial charge in [-0.15, -0.1) is 6.58 Å². The molecule has 1 rings (SSSR count). The van der Waals surface area contributed by atoms with Gasteiger partial charge in [-0.05, 0) is 0 Å². The highest BCUT2D eigenvalue weighted by Gasteiger charge is 2.11. The van der Waals surface area contributed by atoms with E-state index < -0.39 is 0 Å². The zero-order valence-electron chi connectivity index (χ0n) is 6.10. The summed E-state index contributed by atoms with van der Waals surface area (Å²) in [5.41, 5.74) is 1.36. The van der Waals surface area contributed by atoms with Crippen molar-refractivity contribution in [3.8, 4) is 0 Å². The molecule has 0 heterocycles. The van der Waals surface area contributed by atoms with Gasteiger partial charge in [-0.3, -0.25) is 0 Å². The van der Waals surface area contributed by atoms with E-state index in [1.165, 1.54) is 11.5 Å². The van der Waals surface area contributed by atoms with Crippen LogP contribution in [0.3, 0.4) is 0 Å². The first-order chi connectivity index (χ1) is 4.33. The lowest BCUT2D eigenvalue weighted by atomic mass is 10.2. The second-order valence-corrected chi connectivity index (χ2v) is 2.29. The predicted octanol–water partition coefficient (Wildman–Crippen LogP) is -0.343. The number of hydrogen-bond donors (Lipinski definition) is 0. The van der Waals surface area contributed by atoms with Crippen LogP contribution in [0.5, 0.6) is 0 Å². The summed E-state index contributed by atoms with van der Waals surface area (Å²) in [5.74, 6) is 1.34. The van der Waals surface area contributed by atoms with E-state index in [1.54, 1.807) is 0 Å². The minimum atomic E-state index is 0. The van der Waals surface area contributed by atoms with Gasteiger partial charge < -0.3 is 17.0 Å². The second kappa shape index (κ2) is 4.40. The number of rotatable bonds is 2. The van der Waals surface area contributed by atoms with Crippen LogP contribution >= 0.6 is 0 Å². The molecule has 1 aliphatic rings. The highest BCUT2D eigenvalue weighted by molar-refractivity contribution is 5.40. The molecule has 0 amide bonds. The molecule has 0 saturated carbocycles. The zero-order valence-corrected chi connectivity index (χ0v) is 7.69. The third kappa shape index (κ3) is 2.44. The van der Waals surface area contributed by atoms with E-state index >= 15 is 0 Å².